The van der Waals surface area contributed by atoms with Gasteiger partial charge in [-0.3, -0.25) is 4.79 Å². The van der Waals surface area contributed by atoms with Gasteiger partial charge in [-0.05, 0) is 31.5 Å². The first kappa shape index (κ1) is 18.4. The van der Waals surface area contributed by atoms with E-state index in [1.807, 2.05) is 56.0 Å². The molecule has 1 aromatic rings. The third-order valence-corrected chi connectivity index (χ3v) is 5.68. The number of benzene rings is 1. The number of hydrogen-bond donors (Lipinski definition) is 1. The lowest BCUT2D eigenvalue weighted by atomic mass is 9.83. The lowest BCUT2D eigenvalue weighted by Gasteiger charge is -2.35. The van der Waals surface area contributed by atoms with Crippen LogP contribution in [0.25, 0.3) is 0 Å². The van der Waals surface area contributed by atoms with Gasteiger partial charge in [0, 0.05) is 24.4 Å². The van der Waals surface area contributed by atoms with Gasteiger partial charge in [-0.2, -0.15) is 0 Å². The molecule has 1 N–H and O–H groups in total. The van der Waals surface area contributed by atoms with Gasteiger partial charge < -0.3 is 14.9 Å². The van der Waals surface area contributed by atoms with Crippen LogP contribution in [0.15, 0.2) is 30.3 Å². The van der Waals surface area contributed by atoms with Crippen LogP contribution in [0.5, 0.6) is 0 Å². The topological polar surface area (TPSA) is 43.8 Å². The van der Waals surface area contributed by atoms with Crippen molar-refractivity contribution in [2.45, 2.75) is 45.6 Å². The van der Waals surface area contributed by atoms with Crippen molar-refractivity contribution in [2.24, 2.45) is 11.3 Å². The normalized spacial score (nSPS) is 28.3. The van der Waals surface area contributed by atoms with Gasteiger partial charge in [0.15, 0.2) is 0 Å². The minimum Gasteiger partial charge on any atom is -0.383 e. The fourth-order valence-corrected chi connectivity index (χ4v) is 4.25. The fourth-order valence-electron chi connectivity index (χ4n) is 4.25. The zero-order chi connectivity index (χ0) is 18.1. The molecule has 0 aliphatic carbocycles. The zero-order valence-corrected chi connectivity index (χ0v) is 15.9. The number of nitrogens with zero attached hydrogens (tertiary/aromatic N) is 2. The predicted molar refractivity (Wildman–Crippen MR) is 100 cm³/mol. The molecule has 4 heteroatoms. The Kier molecular flexibility index (Phi) is 5.21. The molecular weight excluding hydrogens is 312 g/mol. The van der Waals surface area contributed by atoms with Crippen molar-refractivity contribution in [2.75, 3.05) is 32.7 Å². The highest BCUT2D eigenvalue weighted by Crippen LogP contribution is 2.39. The Morgan fingerprint density at radius 2 is 1.80 bits per heavy atom. The lowest BCUT2D eigenvalue weighted by molar-refractivity contribution is -0.139. The monoisotopic (exact) mass is 344 g/mol. The van der Waals surface area contributed by atoms with Crippen LogP contribution in [-0.2, 0) is 10.4 Å². The van der Waals surface area contributed by atoms with Crippen LogP contribution in [0, 0.1) is 11.3 Å². The third kappa shape index (κ3) is 3.90. The fraction of sp³-hybridized carbons (Fsp3) is 0.667. The lowest BCUT2D eigenvalue weighted by Crippen LogP contribution is -2.43. The smallest absolute Gasteiger partial charge is 0.228 e. The van der Waals surface area contributed by atoms with E-state index in [4.69, 9.17) is 0 Å². The molecular formula is C21H32N2O2. The molecule has 0 unspecified atom stereocenters. The highest BCUT2D eigenvalue weighted by Gasteiger charge is 2.49. The summed E-state index contributed by atoms with van der Waals surface area (Å²) in [6.07, 6.45) is 3.78. The molecule has 2 atom stereocenters. The highest BCUT2D eigenvalue weighted by atomic mass is 16.3. The standard InChI is InChI=1S/C21H32N2O2/c1-20(2,3)19(24)23-15-18(14-22-12-8-5-9-13-22)21(25,16-23)17-10-6-4-7-11-17/h4,6-7,10-11,18,25H,5,8-9,12-16H2,1-3H3/t18-,21-/m0/s1. The summed E-state index contributed by atoms with van der Waals surface area (Å²) in [7, 11) is 0. The third-order valence-electron chi connectivity index (χ3n) is 5.68. The molecule has 1 amide bonds. The first-order valence-electron chi connectivity index (χ1n) is 9.60. The van der Waals surface area contributed by atoms with Gasteiger partial charge in [0.05, 0.1) is 6.54 Å². The van der Waals surface area contributed by atoms with Gasteiger partial charge >= 0.3 is 0 Å². The molecule has 2 aliphatic heterocycles. The average molecular weight is 344 g/mol. The molecule has 2 fully saturated rings. The van der Waals surface area contributed by atoms with Crippen LogP contribution in [0.1, 0.15) is 45.6 Å². The molecule has 2 aliphatic rings. The number of aliphatic hydroxyl groups is 1. The van der Waals surface area contributed by atoms with Gasteiger partial charge in [-0.25, -0.2) is 0 Å². The Morgan fingerprint density at radius 1 is 1.16 bits per heavy atom. The average Bonchev–Trinajstić information content (AvgIpc) is 2.93. The van der Waals surface area contributed by atoms with E-state index in [1.54, 1.807) is 0 Å². The largest absolute Gasteiger partial charge is 0.383 e. The molecule has 25 heavy (non-hydrogen) atoms. The summed E-state index contributed by atoms with van der Waals surface area (Å²) in [5.74, 6) is 0.183. The van der Waals surface area contributed by atoms with Crippen LogP contribution in [0.3, 0.4) is 0 Å². The zero-order valence-electron chi connectivity index (χ0n) is 15.9. The summed E-state index contributed by atoms with van der Waals surface area (Å²) in [5.41, 5.74) is -0.446. The van der Waals surface area contributed by atoms with E-state index < -0.39 is 11.0 Å². The Balaban J connectivity index is 1.84. The molecule has 0 aromatic heterocycles. The van der Waals surface area contributed by atoms with Crippen molar-refractivity contribution in [3.05, 3.63) is 35.9 Å². The highest BCUT2D eigenvalue weighted by molar-refractivity contribution is 5.82. The van der Waals surface area contributed by atoms with Crippen molar-refractivity contribution in [3.63, 3.8) is 0 Å². The van der Waals surface area contributed by atoms with Crippen LogP contribution >= 0.6 is 0 Å². The second-order valence-electron chi connectivity index (χ2n) is 8.78. The van der Waals surface area contributed by atoms with Crippen LogP contribution in [-0.4, -0.2) is 53.5 Å². The number of likely N-dealkylation sites (tertiary alicyclic amines) is 2. The van der Waals surface area contributed by atoms with E-state index in [0.29, 0.717) is 13.1 Å². The second kappa shape index (κ2) is 7.08. The molecule has 0 bridgehead atoms. The Hall–Kier alpha value is -1.39. The summed E-state index contributed by atoms with van der Waals surface area (Å²) in [4.78, 5) is 17.2. The first-order chi connectivity index (χ1) is 11.8. The molecule has 0 saturated carbocycles. The van der Waals surface area contributed by atoms with Gasteiger partial charge in [0.2, 0.25) is 5.91 Å². The summed E-state index contributed by atoms with van der Waals surface area (Å²) >= 11 is 0. The Labute approximate surface area is 151 Å². The minimum atomic E-state index is -0.959. The van der Waals surface area contributed by atoms with Gasteiger partial charge in [0.25, 0.3) is 0 Å². The van der Waals surface area contributed by atoms with Crippen molar-refractivity contribution in [1.29, 1.82) is 0 Å². The maximum Gasteiger partial charge on any atom is 0.228 e. The SMILES string of the molecule is CC(C)(C)C(=O)N1C[C@H](CN2CCCCC2)[C@@](O)(c2ccccc2)C1. The maximum atomic E-state index is 12.8. The summed E-state index contributed by atoms with van der Waals surface area (Å²) in [5, 5.41) is 11.6. The van der Waals surface area contributed by atoms with Crippen molar-refractivity contribution in [1.82, 2.24) is 9.80 Å². The van der Waals surface area contributed by atoms with Crippen LogP contribution in [0.4, 0.5) is 0 Å². The van der Waals surface area contributed by atoms with Crippen molar-refractivity contribution in [3.8, 4) is 0 Å². The Morgan fingerprint density at radius 3 is 2.40 bits per heavy atom. The number of amides is 1. The van der Waals surface area contributed by atoms with Gasteiger partial charge in [0.1, 0.15) is 5.60 Å². The molecule has 2 heterocycles. The molecule has 3 rings (SSSR count). The molecule has 0 spiro atoms. The second-order valence-corrected chi connectivity index (χ2v) is 8.78. The quantitative estimate of drug-likeness (QED) is 0.917. The molecule has 2 saturated heterocycles. The van der Waals surface area contributed by atoms with E-state index in [2.05, 4.69) is 4.90 Å². The number of carbonyl (C=O) groups excluding carboxylic acids is 1. The molecule has 0 radical (unpaired) electrons. The number of carbonyl (C=O) groups is 1. The molecule has 1 aromatic carbocycles. The summed E-state index contributed by atoms with van der Waals surface area (Å²) < 4.78 is 0. The van der Waals surface area contributed by atoms with Crippen LogP contribution in [0.2, 0.25) is 0 Å². The van der Waals surface area contributed by atoms with E-state index in [0.717, 1.165) is 25.2 Å². The Bertz CT molecular complexity index is 590. The summed E-state index contributed by atoms with van der Waals surface area (Å²) in [6, 6.07) is 9.90. The molecule has 138 valence electrons. The minimum absolute atomic E-state index is 0.0549. The van der Waals surface area contributed by atoms with E-state index in [1.165, 1.54) is 19.3 Å². The van der Waals surface area contributed by atoms with E-state index >= 15 is 0 Å². The number of hydrogen-bond acceptors (Lipinski definition) is 3. The first-order valence-corrected chi connectivity index (χ1v) is 9.60. The van der Waals surface area contributed by atoms with Crippen LogP contribution < -0.4 is 0 Å². The molecule has 4 nitrogen and oxygen atoms in total. The van der Waals surface area contributed by atoms with Gasteiger partial charge in [-0.1, -0.05) is 57.5 Å². The van der Waals surface area contributed by atoms with Gasteiger partial charge in [-0.15, -0.1) is 0 Å². The number of piperidine rings is 1. The van der Waals surface area contributed by atoms with E-state index in [-0.39, 0.29) is 11.8 Å². The van der Waals surface area contributed by atoms with E-state index in [9.17, 15) is 9.90 Å². The summed E-state index contributed by atoms with van der Waals surface area (Å²) in [6.45, 7) is 9.96. The number of β-amino-alcohol motifs (C(OH)–C–C–N with tert-alkyl or cyclic N) is 1. The maximum absolute atomic E-state index is 12.8. The predicted octanol–water partition coefficient (Wildman–Crippen LogP) is 2.86. The van der Waals surface area contributed by atoms with Crippen molar-refractivity contribution < 1.29 is 9.90 Å². The number of rotatable bonds is 3. The van der Waals surface area contributed by atoms with Crippen molar-refractivity contribution >= 4 is 5.91 Å².